The fourth-order valence-electron chi connectivity index (χ4n) is 4.15. The van der Waals surface area contributed by atoms with Gasteiger partial charge in [0.15, 0.2) is 0 Å². The van der Waals surface area contributed by atoms with Gasteiger partial charge in [0.1, 0.15) is 5.82 Å². The molecule has 3 heterocycles. The molecule has 4 rings (SSSR count). The summed E-state index contributed by atoms with van der Waals surface area (Å²) in [6.07, 6.45) is 9.42. The number of nitrogens with zero attached hydrogens (tertiary/aromatic N) is 4. The zero-order chi connectivity index (χ0) is 19.5. The summed E-state index contributed by atoms with van der Waals surface area (Å²) in [5, 5.41) is 12.0. The van der Waals surface area contributed by atoms with E-state index in [2.05, 4.69) is 34.0 Å². The molecule has 1 atom stereocenters. The van der Waals surface area contributed by atoms with Gasteiger partial charge in [0.05, 0.1) is 18.1 Å². The maximum absolute atomic E-state index is 13.1. The first-order chi connectivity index (χ1) is 13.6. The monoisotopic (exact) mass is 381 g/mol. The summed E-state index contributed by atoms with van der Waals surface area (Å²) in [4.78, 5) is 2.50. The first-order valence-corrected chi connectivity index (χ1v) is 10.1. The lowest BCUT2D eigenvalue weighted by atomic mass is 9.90. The minimum Gasteiger partial charge on any atom is -0.298 e. The summed E-state index contributed by atoms with van der Waals surface area (Å²) in [7, 11) is 0. The predicted octanol–water partition coefficient (Wildman–Crippen LogP) is 4.31. The van der Waals surface area contributed by atoms with Crippen molar-refractivity contribution in [3.05, 3.63) is 65.5 Å². The molecule has 1 aliphatic heterocycles. The molecule has 1 fully saturated rings. The number of hydrogen-bond donors (Lipinski definition) is 1. The van der Waals surface area contributed by atoms with Crippen LogP contribution >= 0.6 is 0 Å². The standard InChI is InChI=1S/C22H28FN5/c1-16(2)10-19-12-24-26-22(19)18-4-3-9-27(15-18)13-17-11-25-28(14-17)21-7-5-20(23)6-8-21/h5-8,11-12,14,16,18H,3-4,9-10,13,15H2,1-2H3,(H,24,26). The van der Waals surface area contributed by atoms with Crippen LogP contribution in [0.15, 0.2) is 42.9 Å². The van der Waals surface area contributed by atoms with E-state index in [0.717, 1.165) is 31.7 Å². The average molecular weight is 381 g/mol. The van der Waals surface area contributed by atoms with Gasteiger partial charge in [-0.05, 0) is 61.6 Å². The Morgan fingerprint density at radius 3 is 2.82 bits per heavy atom. The maximum Gasteiger partial charge on any atom is 0.123 e. The zero-order valence-electron chi connectivity index (χ0n) is 16.6. The van der Waals surface area contributed by atoms with Crippen LogP contribution in [0.25, 0.3) is 5.69 Å². The summed E-state index contributed by atoms with van der Waals surface area (Å²) >= 11 is 0. The van der Waals surface area contributed by atoms with Crippen molar-refractivity contribution < 1.29 is 4.39 Å². The first kappa shape index (κ1) is 18.9. The fourth-order valence-corrected chi connectivity index (χ4v) is 4.15. The molecular formula is C22H28FN5. The molecule has 0 saturated carbocycles. The smallest absolute Gasteiger partial charge is 0.123 e. The van der Waals surface area contributed by atoms with Gasteiger partial charge in [-0.1, -0.05) is 13.8 Å². The van der Waals surface area contributed by atoms with Crippen molar-refractivity contribution in [2.24, 2.45) is 5.92 Å². The highest BCUT2D eigenvalue weighted by Crippen LogP contribution is 2.29. The number of aromatic amines is 1. The predicted molar refractivity (Wildman–Crippen MR) is 108 cm³/mol. The quantitative estimate of drug-likeness (QED) is 0.692. The molecule has 0 aliphatic carbocycles. The summed E-state index contributed by atoms with van der Waals surface area (Å²) in [5.41, 5.74) is 4.74. The van der Waals surface area contributed by atoms with Gasteiger partial charge in [-0.15, -0.1) is 0 Å². The number of nitrogens with one attached hydrogen (secondary N) is 1. The lowest BCUT2D eigenvalue weighted by molar-refractivity contribution is 0.198. The van der Waals surface area contributed by atoms with Crippen molar-refractivity contribution in [1.82, 2.24) is 24.9 Å². The molecule has 0 bridgehead atoms. The van der Waals surface area contributed by atoms with E-state index in [-0.39, 0.29) is 5.82 Å². The Hall–Kier alpha value is -2.47. The molecule has 1 saturated heterocycles. The number of benzene rings is 1. The van der Waals surface area contributed by atoms with Gasteiger partial charge >= 0.3 is 0 Å². The number of rotatable bonds is 6. The molecule has 6 heteroatoms. The van der Waals surface area contributed by atoms with E-state index >= 15 is 0 Å². The van der Waals surface area contributed by atoms with Gasteiger partial charge < -0.3 is 0 Å². The summed E-state index contributed by atoms with van der Waals surface area (Å²) < 4.78 is 14.9. The Morgan fingerprint density at radius 2 is 2.04 bits per heavy atom. The van der Waals surface area contributed by atoms with Crippen molar-refractivity contribution in [3.63, 3.8) is 0 Å². The van der Waals surface area contributed by atoms with Crippen LogP contribution < -0.4 is 0 Å². The minimum atomic E-state index is -0.230. The number of H-pyrrole nitrogens is 1. The second-order valence-electron chi connectivity index (χ2n) is 8.25. The average Bonchev–Trinajstić information content (AvgIpc) is 3.32. The number of aromatic nitrogens is 4. The Labute approximate surface area is 165 Å². The Balaban J connectivity index is 1.42. The highest BCUT2D eigenvalue weighted by Gasteiger charge is 2.25. The highest BCUT2D eigenvalue weighted by atomic mass is 19.1. The molecule has 1 aliphatic rings. The van der Waals surface area contributed by atoms with Crippen molar-refractivity contribution in [2.75, 3.05) is 13.1 Å². The lowest BCUT2D eigenvalue weighted by Crippen LogP contribution is -2.34. The van der Waals surface area contributed by atoms with Gasteiger partial charge in [-0.3, -0.25) is 10.00 Å². The number of likely N-dealkylation sites (tertiary alicyclic amines) is 1. The van der Waals surface area contributed by atoms with Crippen molar-refractivity contribution in [3.8, 4) is 5.69 Å². The molecule has 28 heavy (non-hydrogen) atoms. The van der Waals surface area contributed by atoms with Crippen LogP contribution in [0.5, 0.6) is 0 Å². The van der Waals surface area contributed by atoms with Crippen LogP contribution in [-0.4, -0.2) is 38.0 Å². The van der Waals surface area contributed by atoms with Gasteiger partial charge in [-0.2, -0.15) is 10.2 Å². The van der Waals surface area contributed by atoms with Crippen LogP contribution in [0, 0.1) is 11.7 Å². The Bertz CT molecular complexity index is 896. The van der Waals surface area contributed by atoms with Gasteiger partial charge in [0, 0.05) is 36.5 Å². The molecule has 2 aromatic heterocycles. The molecule has 1 aromatic carbocycles. The van der Waals surface area contributed by atoms with E-state index in [1.54, 1.807) is 12.1 Å². The summed E-state index contributed by atoms with van der Waals surface area (Å²) in [6.45, 7) is 7.53. The van der Waals surface area contributed by atoms with Crippen molar-refractivity contribution in [1.29, 1.82) is 0 Å². The molecule has 0 amide bonds. The normalized spacial score (nSPS) is 18.1. The summed E-state index contributed by atoms with van der Waals surface area (Å²) in [6, 6.07) is 6.42. The molecule has 1 N–H and O–H groups in total. The molecular weight excluding hydrogens is 353 g/mol. The third kappa shape index (κ3) is 4.33. The summed E-state index contributed by atoms with van der Waals surface area (Å²) in [5.74, 6) is 0.914. The number of halogens is 1. The van der Waals surface area contributed by atoms with E-state index in [1.165, 1.54) is 41.8 Å². The van der Waals surface area contributed by atoms with Crippen LogP contribution in [-0.2, 0) is 13.0 Å². The van der Waals surface area contributed by atoms with E-state index < -0.39 is 0 Å². The highest BCUT2D eigenvalue weighted by molar-refractivity contribution is 5.31. The van der Waals surface area contributed by atoms with Gasteiger partial charge in [-0.25, -0.2) is 9.07 Å². The molecule has 148 valence electrons. The van der Waals surface area contributed by atoms with E-state index in [0.29, 0.717) is 11.8 Å². The third-order valence-electron chi connectivity index (χ3n) is 5.43. The molecule has 0 spiro atoms. The van der Waals surface area contributed by atoms with Gasteiger partial charge in [0.25, 0.3) is 0 Å². The molecule has 3 aromatic rings. The molecule has 1 unspecified atom stereocenters. The second kappa shape index (κ2) is 8.27. The fraction of sp³-hybridized carbons (Fsp3) is 0.455. The number of piperidine rings is 1. The third-order valence-corrected chi connectivity index (χ3v) is 5.43. The Kier molecular flexibility index (Phi) is 5.57. The second-order valence-corrected chi connectivity index (χ2v) is 8.25. The maximum atomic E-state index is 13.1. The van der Waals surface area contributed by atoms with E-state index in [9.17, 15) is 4.39 Å². The van der Waals surface area contributed by atoms with Crippen LogP contribution in [0.4, 0.5) is 4.39 Å². The van der Waals surface area contributed by atoms with E-state index in [1.807, 2.05) is 23.3 Å². The topological polar surface area (TPSA) is 49.7 Å². The van der Waals surface area contributed by atoms with Crippen molar-refractivity contribution in [2.45, 2.75) is 45.6 Å². The minimum absolute atomic E-state index is 0.230. The number of hydrogen-bond acceptors (Lipinski definition) is 3. The zero-order valence-corrected chi connectivity index (χ0v) is 16.6. The largest absolute Gasteiger partial charge is 0.298 e. The van der Waals surface area contributed by atoms with Gasteiger partial charge in [0.2, 0.25) is 0 Å². The van der Waals surface area contributed by atoms with Crippen LogP contribution in [0.3, 0.4) is 0 Å². The molecule has 0 radical (unpaired) electrons. The van der Waals surface area contributed by atoms with Crippen molar-refractivity contribution >= 4 is 0 Å². The van der Waals surface area contributed by atoms with E-state index in [4.69, 9.17) is 0 Å². The first-order valence-electron chi connectivity index (χ1n) is 10.1. The van der Waals surface area contributed by atoms with Crippen LogP contribution in [0.2, 0.25) is 0 Å². The SMILES string of the molecule is CC(C)Cc1cn[nH]c1C1CCCN(Cc2cnn(-c3ccc(F)cc3)c2)C1. The lowest BCUT2D eigenvalue weighted by Gasteiger charge is -2.32. The Morgan fingerprint density at radius 1 is 1.21 bits per heavy atom. The van der Waals surface area contributed by atoms with Crippen LogP contribution in [0.1, 0.15) is 49.4 Å². The molecule has 5 nitrogen and oxygen atoms in total.